The predicted molar refractivity (Wildman–Crippen MR) is 87.3 cm³/mol. The summed E-state index contributed by atoms with van der Waals surface area (Å²) >= 11 is 0. The van der Waals surface area contributed by atoms with Crippen molar-refractivity contribution in [2.75, 3.05) is 0 Å². The quantitative estimate of drug-likeness (QED) is 0.921. The Balaban J connectivity index is 2.29. The van der Waals surface area contributed by atoms with Crippen LogP contribution in [-0.2, 0) is 16.6 Å². The van der Waals surface area contributed by atoms with E-state index >= 15 is 0 Å². The van der Waals surface area contributed by atoms with Crippen LogP contribution in [0, 0.1) is 20.8 Å². The van der Waals surface area contributed by atoms with E-state index in [1.54, 1.807) is 6.07 Å². The van der Waals surface area contributed by atoms with Gasteiger partial charge in [-0.15, -0.1) is 0 Å². The average molecular weight is 321 g/mol. The molecule has 0 aliphatic heterocycles. The molecule has 120 valence electrons. The summed E-state index contributed by atoms with van der Waals surface area (Å²) in [4.78, 5) is 0.325. The zero-order valence-corrected chi connectivity index (χ0v) is 14.5. The molecule has 22 heavy (non-hydrogen) atoms. The number of nitrogens with one attached hydrogen (secondary N) is 1. The Morgan fingerprint density at radius 3 is 2.50 bits per heavy atom. The first kappa shape index (κ1) is 16.7. The van der Waals surface area contributed by atoms with Crippen LogP contribution in [0.2, 0.25) is 0 Å². The van der Waals surface area contributed by atoms with Crippen molar-refractivity contribution >= 4 is 10.0 Å². The molecule has 0 bridgehead atoms. The van der Waals surface area contributed by atoms with E-state index in [0.717, 1.165) is 28.9 Å². The number of aryl methyl sites for hydroxylation is 4. The highest BCUT2D eigenvalue weighted by Crippen LogP contribution is 2.21. The fraction of sp³-hybridized carbons (Fsp3) is 0.438. The second kappa shape index (κ2) is 6.22. The number of rotatable bonds is 5. The first-order valence-electron chi connectivity index (χ1n) is 7.38. The van der Waals surface area contributed by atoms with Gasteiger partial charge in [0.05, 0.1) is 10.6 Å². The van der Waals surface area contributed by atoms with Crippen LogP contribution in [0.4, 0.5) is 0 Å². The first-order chi connectivity index (χ1) is 10.2. The van der Waals surface area contributed by atoms with Gasteiger partial charge < -0.3 is 0 Å². The Morgan fingerprint density at radius 2 is 1.95 bits per heavy atom. The highest BCUT2D eigenvalue weighted by atomic mass is 32.2. The summed E-state index contributed by atoms with van der Waals surface area (Å²) in [6.07, 6.45) is 1.89. The molecular formula is C16H23N3O2S. The van der Waals surface area contributed by atoms with Gasteiger partial charge in [-0.05, 0) is 46.2 Å². The van der Waals surface area contributed by atoms with E-state index in [-0.39, 0.29) is 6.04 Å². The number of benzene rings is 1. The summed E-state index contributed by atoms with van der Waals surface area (Å²) in [7, 11) is -3.56. The molecule has 1 aromatic heterocycles. The molecule has 2 aromatic rings. The number of sulfonamides is 1. The van der Waals surface area contributed by atoms with Gasteiger partial charge in [0, 0.05) is 24.3 Å². The van der Waals surface area contributed by atoms with Crippen LogP contribution in [0.5, 0.6) is 0 Å². The molecule has 1 N–H and O–H groups in total. The smallest absolute Gasteiger partial charge is 0.241 e. The molecular weight excluding hydrogens is 298 g/mol. The van der Waals surface area contributed by atoms with Gasteiger partial charge >= 0.3 is 0 Å². The van der Waals surface area contributed by atoms with E-state index in [1.165, 1.54) is 0 Å². The maximum absolute atomic E-state index is 12.6. The fourth-order valence-corrected chi connectivity index (χ4v) is 4.03. The number of aromatic nitrogens is 2. The summed E-state index contributed by atoms with van der Waals surface area (Å²) in [5.74, 6) is 0. The Kier molecular flexibility index (Phi) is 4.72. The Bertz CT molecular complexity index is 779. The molecule has 0 radical (unpaired) electrons. The molecule has 0 amide bonds. The van der Waals surface area contributed by atoms with Crippen molar-refractivity contribution in [3.8, 4) is 0 Å². The number of hydrogen-bond donors (Lipinski definition) is 1. The van der Waals surface area contributed by atoms with E-state index in [0.29, 0.717) is 4.90 Å². The van der Waals surface area contributed by atoms with Crippen LogP contribution in [0.15, 0.2) is 29.3 Å². The van der Waals surface area contributed by atoms with Crippen molar-refractivity contribution in [3.63, 3.8) is 0 Å². The molecule has 2 rings (SSSR count). The average Bonchev–Trinajstić information content (AvgIpc) is 2.79. The summed E-state index contributed by atoms with van der Waals surface area (Å²) in [6, 6.07) is 5.01. The third-order valence-electron chi connectivity index (χ3n) is 3.73. The molecule has 0 aliphatic rings. The van der Waals surface area contributed by atoms with Crippen molar-refractivity contribution in [1.29, 1.82) is 0 Å². The molecule has 0 spiro atoms. The Labute approximate surface area is 132 Å². The van der Waals surface area contributed by atoms with Gasteiger partial charge in [-0.2, -0.15) is 5.10 Å². The van der Waals surface area contributed by atoms with E-state index < -0.39 is 10.0 Å². The van der Waals surface area contributed by atoms with Crippen LogP contribution >= 0.6 is 0 Å². The van der Waals surface area contributed by atoms with E-state index in [9.17, 15) is 8.42 Å². The molecule has 6 heteroatoms. The summed E-state index contributed by atoms with van der Waals surface area (Å²) in [6.45, 7) is 10.3. The highest BCUT2D eigenvalue weighted by molar-refractivity contribution is 7.89. The lowest BCUT2D eigenvalue weighted by Gasteiger charge is -2.15. The number of hydrogen-bond acceptors (Lipinski definition) is 3. The molecule has 1 unspecified atom stereocenters. The van der Waals surface area contributed by atoms with Crippen molar-refractivity contribution in [2.45, 2.75) is 52.1 Å². The van der Waals surface area contributed by atoms with Crippen molar-refractivity contribution in [3.05, 3.63) is 46.8 Å². The SMILES string of the molecule is CCn1cc(C(C)NS(=O)(=O)c2ccc(C)cc2C)c(C)n1. The van der Waals surface area contributed by atoms with Gasteiger partial charge in [0.15, 0.2) is 0 Å². The lowest BCUT2D eigenvalue weighted by Crippen LogP contribution is -2.27. The molecule has 1 aromatic carbocycles. The maximum atomic E-state index is 12.6. The largest absolute Gasteiger partial charge is 0.272 e. The van der Waals surface area contributed by atoms with Crippen LogP contribution in [0.1, 0.15) is 42.3 Å². The molecule has 5 nitrogen and oxygen atoms in total. The molecule has 1 atom stereocenters. The van der Waals surface area contributed by atoms with Gasteiger partial charge in [0.1, 0.15) is 0 Å². The minimum absolute atomic E-state index is 0.325. The molecule has 0 aliphatic carbocycles. The Hall–Kier alpha value is -1.66. The molecule has 0 fully saturated rings. The van der Waals surface area contributed by atoms with Crippen molar-refractivity contribution in [2.24, 2.45) is 0 Å². The van der Waals surface area contributed by atoms with E-state index in [4.69, 9.17) is 0 Å². The second-order valence-corrected chi connectivity index (χ2v) is 7.32. The molecule has 1 heterocycles. The lowest BCUT2D eigenvalue weighted by atomic mass is 10.1. The van der Waals surface area contributed by atoms with E-state index in [1.807, 2.05) is 57.6 Å². The van der Waals surface area contributed by atoms with Gasteiger partial charge in [-0.3, -0.25) is 4.68 Å². The maximum Gasteiger partial charge on any atom is 0.241 e. The van der Waals surface area contributed by atoms with Crippen molar-refractivity contribution in [1.82, 2.24) is 14.5 Å². The van der Waals surface area contributed by atoms with Gasteiger partial charge in [0.25, 0.3) is 0 Å². The molecule has 0 saturated carbocycles. The summed E-state index contributed by atoms with van der Waals surface area (Å²) < 4.78 is 29.8. The minimum atomic E-state index is -3.56. The standard InChI is InChI=1S/C16H23N3O2S/c1-6-19-10-15(13(4)17-19)14(5)18-22(20,21)16-8-7-11(2)9-12(16)3/h7-10,14,18H,6H2,1-5H3. The van der Waals surface area contributed by atoms with Gasteiger partial charge in [-0.25, -0.2) is 13.1 Å². The normalized spacial score (nSPS) is 13.3. The topological polar surface area (TPSA) is 64.0 Å². The zero-order valence-electron chi connectivity index (χ0n) is 13.7. The lowest BCUT2D eigenvalue weighted by molar-refractivity contribution is 0.565. The van der Waals surface area contributed by atoms with Crippen LogP contribution in [-0.4, -0.2) is 18.2 Å². The monoisotopic (exact) mass is 321 g/mol. The van der Waals surface area contributed by atoms with Crippen LogP contribution < -0.4 is 4.72 Å². The van der Waals surface area contributed by atoms with Gasteiger partial charge in [-0.1, -0.05) is 17.7 Å². The Morgan fingerprint density at radius 1 is 1.27 bits per heavy atom. The predicted octanol–water partition coefficient (Wildman–Crippen LogP) is 2.87. The van der Waals surface area contributed by atoms with Crippen molar-refractivity contribution < 1.29 is 8.42 Å². The second-order valence-electron chi connectivity index (χ2n) is 5.64. The summed E-state index contributed by atoms with van der Waals surface area (Å²) in [5, 5.41) is 4.36. The molecule has 0 saturated heterocycles. The number of nitrogens with zero attached hydrogens (tertiary/aromatic N) is 2. The minimum Gasteiger partial charge on any atom is -0.272 e. The summed E-state index contributed by atoms with van der Waals surface area (Å²) in [5.41, 5.74) is 3.54. The van der Waals surface area contributed by atoms with E-state index in [2.05, 4.69) is 9.82 Å². The third kappa shape index (κ3) is 3.39. The van der Waals surface area contributed by atoms with Gasteiger partial charge in [0.2, 0.25) is 10.0 Å². The third-order valence-corrected chi connectivity index (χ3v) is 5.43. The van der Waals surface area contributed by atoms with Crippen LogP contribution in [0.25, 0.3) is 0 Å². The first-order valence-corrected chi connectivity index (χ1v) is 8.86. The van der Waals surface area contributed by atoms with Crippen LogP contribution in [0.3, 0.4) is 0 Å². The zero-order chi connectivity index (χ0) is 16.5. The fourth-order valence-electron chi connectivity index (χ4n) is 2.58. The highest BCUT2D eigenvalue weighted by Gasteiger charge is 2.22.